The second-order valence-corrected chi connectivity index (χ2v) is 7.08. The van der Waals surface area contributed by atoms with Gasteiger partial charge in [0.1, 0.15) is 11.3 Å². The van der Waals surface area contributed by atoms with E-state index in [-0.39, 0.29) is 6.04 Å². The van der Waals surface area contributed by atoms with Gasteiger partial charge in [-0.1, -0.05) is 29.8 Å². The molecule has 29 heavy (non-hydrogen) atoms. The highest BCUT2D eigenvalue weighted by molar-refractivity contribution is 6.31. The normalized spacial score (nSPS) is 11.9. The van der Waals surface area contributed by atoms with E-state index in [1.807, 2.05) is 18.2 Å². The van der Waals surface area contributed by atoms with E-state index in [9.17, 15) is 9.59 Å². The molecule has 0 saturated heterocycles. The smallest absolute Gasteiger partial charge is 0.342 e. The third kappa shape index (κ3) is 4.86. The predicted octanol–water partition coefficient (Wildman–Crippen LogP) is 3.83. The van der Waals surface area contributed by atoms with Gasteiger partial charge < -0.3 is 14.5 Å². The van der Waals surface area contributed by atoms with Crippen LogP contribution in [0.25, 0.3) is 0 Å². The monoisotopic (exact) mass is 415 g/mol. The summed E-state index contributed by atoms with van der Waals surface area (Å²) in [6.07, 6.45) is 1.53. The number of aryl methyl sites for hydroxylation is 1. The lowest BCUT2D eigenvalue weighted by molar-refractivity contribution is -0.125. The van der Waals surface area contributed by atoms with E-state index in [0.29, 0.717) is 34.3 Å². The van der Waals surface area contributed by atoms with E-state index in [2.05, 4.69) is 10.4 Å². The summed E-state index contributed by atoms with van der Waals surface area (Å²) < 4.78 is 12.1. The quantitative estimate of drug-likeness (QED) is 0.592. The van der Waals surface area contributed by atoms with Gasteiger partial charge in [0.05, 0.1) is 30.2 Å². The largest absolute Gasteiger partial charge is 0.467 e. The summed E-state index contributed by atoms with van der Waals surface area (Å²) in [5.41, 5.74) is 2.43. The molecule has 0 radical (unpaired) electrons. The molecule has 0 unspecified atom stereocenters. The van der Waals surface area contributed by atoms with Crippen LogP contribution < -0.4 is 5.32 Å². The highest BCUT2D eigenvalue weighted by Gasteiger charge is 2.22. The summed E-state index contributed by atoms with van der Waals surface area (Å²) in [6, 6.07) is 10.6. The average Bonchev–Trinajstić information content (AvgIpc) is 3.31. The molecule has 8 heteroatoms. The van der Waals surface area contributed by atoms with Gasteiger partial charge in [0.2, 0.25) is 0 Å². The first-order chi connectivity index (χ1) is 13.9. The van der Waals surface area contributed by atoms with Crippen LogP contribution in [0.15, 0.2) is 47.1 Å². The standard InChI is InChI=1S/C21H22ClN3O4/c1-13(18-9-6-10-28-18)23-19(26)12-29-21(27)20-14(2)24-25(15(20)3)11-16-7-4-5-8-17(16)22/h4-10,13H,11-12H2,1-3H3,(H,23,26)/t13-/m1/s1. The summed E-state index contributed by atoms with van der Waals surface area (Å²) in [7, 11) is 0. The van der Waals surface area contributed by atoms with Crippen molar-refractivity contribution in [2.45, 2.75) is 33.4 Å². The zero-order chi connectivity index (χ0) is 21.0. The first kappa shape index (κ1) is 20.7. The van der Waals surface area contributed by atoms with Gasteiger partial charge in [-0.05, 0) is 44.5 Å². The topological polar surface area (TPSA) is 86.4 Å². The predicted molar refractivity (Wildman–Crippen MR) is 108 cm³/mol. The first-order valence-electron chi connectivity index (χ1n) is 9.14. The van der Waals surface area contributed by atoms with Crippen molar-refractivity contribution in [3.8, 4) is 0 Å². The minimum absolute atomic E-state index is 0.321. The third-order valence-corrected chi connectivity index (χ3v) is 4.91. The Bertz CT molecular complexity index is 1010. The Hall–Kier alpha value is -3.06. The number of aromatic nitrogens is 2. The van der Waals surface area contributed by atoms with Gasteiger partial charge in [-0.25, -0.2) is 4.79 Å². The van der Waals surface area contributed by atoms with E-state index in [1.54, 1.807) is 43.7 Å². The Morgan fingerprint density at radius 3 is 2.69 bits per heavy atom. The molecule has 0 aliphatic carbocycles. The van der Waals surface area contributed by atoms with Crippen LogP contribution in [-0.4, -0.2) is 28.3 Å². The van der Waals surface area contributed by atoms with E-state index in [1.165, 1.54) is 6.26 Å². The van der Waals surface area contributed by atoms with Crippen molar-refractivity contribution in [2.24, 2.45) is 0 Å². The van der Waals surface area contributed by atoms with Crippen molar-refractivity contribution in [1.82, 2.24) is 15.1 Å². The zero-order valence-corrected chi connectivity index (χ0v) is 17.2. The summed E-state index contributed by atoms with van der Waals surface area (Å²) in [4.78, 5) is 24.6. The van der Waals surface area contributed by atoms with Crippen molar-refractivity contribution in [1.29, 1.82) is 0 Å². The lowest BCUT2D eigenvalue weighted by atomic mass is 10.2. The molecule has 7 nitrogen and oxygen atoms in total. The number of rotatable bonds is 7. The number of ether oxygens (including phenoxy) is 1. The SMILES string of the molecule is Cc1nn(Cc2ccccc2Cl)c(C)c1C(=O)OCC(=O)N[C@H](C)c1ccco1. The molecule has 3 aromatic rings. The number of esters is 1. The Morgan fingerprint density at radius 1 is 1.24 bits per heavy atom. The van der Waals surface area contributed by atoms with Gasteiger partial charge in [0, 0.05) is 5.02 Å². The molecule has 2 aromatic heterocycles. The highest BCUT2D eigenvalue weighted by Crippen LogP contribution is 2.20. The second-order valence-electron chi connectivity index (χ2n) is 6.68. The number of nitrogens with one attached hydrogen (secondary N) is 1. The van der Waals surface area contributed by atoms with E-state index >= 15 is 0 Å². The van der Waals surface area contributed by atoms with Gasteiger partial charge in [0.15, 0.2) is 6.61 Å². The number of carbonyl (C=O) groups excluding carboxylic acids is 2. The van der Waals surface area contributed by atoms with Gasteiger partial charge in [-0.2, -0.15) is 5.10 Å². The zero-order valence-electron chi connectivity index (χ0n) is 16.4. The van der Waals surface area contributed by atoms with Crippen LogP contribution in [-0.2, 0) is 16.1 Å². The Kier molecular flexibility index (Phi) is 6.39. The van der Waals surface area contributed by atoms with Crippen LogP contribution in [0, 0.1) is 13.8 Å². The number of amides is 1. The highest BCUT2D eigenvalue weighted by atomic mass is 35.5. The Balaban J connectivity index is 1.63. The molecule has 2 heterocycles. The molecule has 1 aromatic carbocycles. The third-order valence-electron chi connectivity index (χ3n) is 4.55. The summed E-state index contributed by atoms with van der Waals surface area (Å²) >= 11 is 6.21. The van der Waals surface area contributed by atoms with Crippen molar-refractivity contribution in [3.63, 3.8) is 0 Å². The minimum Gasteiger partial charge on any atom is -0.467 e. The van der Waals surface area contributed by atoms with Gasteiger partial charge in [0.25, 0.3) is 5.91 Å². The van der Waals surface area contributed by atoms with Crippen molar-refractivity contribution in [2.75, 3.05) is 6.61 Å². The molecule has 0 saturated carbocycles. The number of hydrogen-bond acceptors (Lipinski definition) is 5. The fourth-order valence-corrected chi connectivity index (χ4v) is 3.22. The molecule has 1 amide bonds. The molecule has 0 aliphatic rings. The van der Waals surface area contributed by atoms with Crippen LogP contribution in [0.3, 0.4) is 0 Å². The van der Waals surface area contributed by atoms with Gasteiger partial charge >= 0.3 is 5.97 Å². The molecule has 0 fully saturated rings. The van der Waals surface area contributed by atoms with Crippen LogP contribution in [0.1, 0.15) is 46.0 Å². The number of hydrogen-bond donors (Lipinski definition) is 1. The second kappa shape index (κ2) is 8.96. The molecule has 0 spiro atoms. The van der Waals surface area contributed by atoms with E-state index < -0.39 is 18.5 Å². The average molecular weight is 416 g/mol. The number of nitrogens with zero attached hydrogens (tertiary/aromatic N) is 2. The fourth-order valence-electron chi connectivity index (χ4n) is 3.03. The number of benzene rings is 1. The Morgan fingerprint density at radius 2 is 2.00 bits per heavy atom. The van der Waals surface area contributed by atoms with Crippen LogP contribution >= 0.6 is 11.6 Å². The summed E-state index contributed by atoms with van der Waals surface area (Å²) in [5.74, 6) is -0.385. The molecule has 1 N–H and O–H groups in total. The molecule has 1 atom stereocenters. The summed E-state index contributed by atoms with van der Waals surface area (Å²) in [6.45, 7) is 5.34. The number of furan rings is 1. The Labute approximate surface area is 173 Å². The van der Waals surface area contributed by atoms with Gasteiger partial charge in [-0.3, -0.25) is 9.48 Å². The summed E-state index contributed by atoms with van der Waals surface area (Å²) in [5, 5.41) is 7.77. The first-order valence-corrected chi connectivity index (χ1v) is 9.52. The fraction of sp³-hybridized carbons (Fsp3) is 0.286. The molecular weight excluding hydrogens is 394 g/mol. The van der Waals surface area contributed by atoms with Crippen LogP contribution in [0.2, 0.25) is 5.02 Å². The molecular formula is C21H22ClN3O4. The van der Waals surface area contributed by atoms with Crippen molar-refractivity contribution < 1.29 is 18.7 Å². The van der Waals surface area contributed by atoms with Crippen LogP contribution in [0.5, 0.6) is 0 Å². The van der Waals surface area contributed by atoms with Crippen LogP contribution in [0.4, 0.5) is 0 Å². The van der Waals surface area contributed by atoms with E-state index in [4.69, 9.17) is 20.8 Å². The lowest BCUT2D eigenvalue weighted by Gasteiger charge is -2.11. The maximum atomic E-state index is 12.5. The van der Waals surface area contributed by atoms with Crippen molar-refractivity contribution >= 4 is 23.5 Å². The molecule has 3 rings (SSSR count). The number of carbonyl (C=O) groups is 2. The molecule has 152 valence electrons. The lowest BCUT2D eigenvalue weighted by Crippen LogP contribution is -2.31. The van der Waals surface area contributed by atoms with Gasteiger partial charge in [-0.15, -0.1) is 0 Å². The molecule has 0 bridgehead atoms. The maximum Gasteiger partial charge on any atom is 0.342 e. The maximum absolute atomic E-state index is 12.5. The molecule has 0 aliphatic heterocycles. The van der Waals surface area contributed by atoms with E-state index in [0.717, 1.165) is 5.56 Å². The van der Waals surface area contributed by atoms with Crippen molar-refractivity contribution in [3.05, 3.63) is 76.0 Å². The minimum atomic E-state index is -0.591. The number of halogens is 1.